The van der Waals surface area contributed by atoms with Crippen molar-refractivity contribution in [1.29, 1.82) is 0 Å². The summed E-state index contributed by atoms with van der Waals surface area (Å²) in [5.74, 6) is -1.39. The summed E-state index contributed by atoms with van der Waals surface area (Å²) in [5, 5.41) is 0. The Balaban J connectivity index is 0.000000276. The van der Waals surface area contributed by atoms with Gasteiger partial charge in [-0.3, -0.25) is 0 Å². The number of carbonyl (C=O) groups is 4. The van der Waals surface area contributed by atoms with Crippen molar-refractivity contribution >= 4 is 23.9 Å². The molecule has 4 rings (SSSR count). The van der Waals surface area contributed by atoms with Gasteiger partial charge in [0.05, 0.1) is 22.3 Å². The molecule has 0 saturated heterocycles. The van der Waals surface area contributed by atoms with E-state index in [1.807, 2.05) is 52.0 Å². The Labute approximate surface area is 302 Å². The first-order valence-electron chi connectivity index (χ1n) is 17.3. The van der Waals surface area contributed by atoms with Crippen molar-refractivity contribution in [3.05, 3.63) is 144 Å². The first-order chi connectivity index (χ1) is 24.3. The summed E-state index contributed by atoms with van der Waals surface area (Å²) in [4.78, 5) is 49.7. The second kappa shape index (κ2) is 19.2. The lowest BCUT2D eigenvalue weighted by atomic mass is 9.83. The maximum atomic E-state index is 12.6. The van der Waals surface area contributed by atoms with E-state index in [9.17, 15) is 19.2 Å². The van der Waals surface area contributed by atoms with E-state index >= 15 is 0 Å². The van der Waals surface area contributed by atoms with E-state index in [1.165, 1.54) is 0 Å². The average molecular weight is 695 g/mol. The van der Waals surface area contributed by atoms with Gasteiger partial charge in [0.2, 0.25) is 0 Å². The molecule has 0 amide bonds. The number of hydrogen-bond acceptors (Lipinski definition) is 8. The summed E-state index contributed by atoms with van der Waals surface area (Å²) in [6.07, 6.45) is 0.927. The first-order valence-corrected chi connectivity index (χ1v) is 17.3. The van der Waals surface area contributed by atoms with E-state index in [1.54, 1.807) is 118 Å². The highest BCUT2D eigenvalue weighted by Gasteiger charge is 2.47. The summed E-state index contributed by atoms with van der Waals surface area (Å²) in [5.41, 5.74) is -0.0573. The number of hydrogen-bond donors (Lipinski definition) is 0. The van der Waals surface area contributed by atoms with Crippen LogP contribution >= 0.6 is 0 Å². The largest absolute Gasteiger partial charge is 0.455 e. The van der Waals surface area contributed by atoms with E-state index < -0.39 is 47.3 Å². The monoisotopic (exact) mass is 694 g/mol. The first kappa shape index (κ1) is 40.2. The molecule has 0 aliphatic heterocycles. The minimum Gasteiger partial charge on any atom is -0.455 e. The predicted octanol–water partition coefficient (Wildman–Crippen LogP) is 9.54. The van der Waals surface area contributed by atoms with Crippen molar-refractivity contribution in [3.63, 3.8) is 0 Å². The molecule has 0 aromatic heterocycles. The molecular weight excluding hydrogens is 644 g/mol. The van der Waals surface area contributed by atoms with Crippen LogP contribution in [0.2, 0.25) is 0 Å². The topological polar surface area (TPSA) is 105 Å². The second-order valence-electron chi connectivity index (χ2n) is 13.4. The number of ether oxygens (including phenoxy) is 4. The van der Waals surface area contributed by atoms with Crippen molar-refractivity contribution in [1.82, 2.24) is 0 Å². The average Bonchev–Trinajstić information content (AvgIpc) is 3.12. The Kier molecular flexibility index (Phi) is 15.2. The standard InChI is InChI=1S/C22H26O4.C21H24O4/c1-5-16-22(4,26-20(24)18-14-10-7-11-15-18)21(2,3)25-19(23)17-12-8-6-9-13-17;1-15(2)14-19(25-21(23)18-12-8-5-9-13-18)16(3)24-20(22)17-10-6-4-7-11-17/h6-15H,5,16H2,1-4H3;4-13,15-16,19H,14H2,1-3H3. The number of rotatable bonds is 14. The van der Waals surface area contributed by atoms with Gasteiger partial charge in [0.1, 0.15) is 23.4 Å². The van der Waals surface area contributed by atoms with Crippen molar-refractivity contribution in [2.45, 2.75) is 91.1 Å². The summed E-state index contributed by atoms with van der Waals surface area (Å²) in [6, 6.07) is 35.2. The minimum absolute atomic E-state index is 0.298. The Morgan fingerprint density at radius 1 is 0.529 bits per heavy atom. The van der Waals surface area contributed by atoms with Crippen LogP contribution in [0.5, 0.6) is 0 Å². The second-order valence-corrected chi connectivity index (χ2v) is 13.4. The minimum atomic E-state index is -1.000. The lowest BCUT2D eigenvalue weighted by Gasteiger charge is -2.42. The van der Waals surface area contributed by atoms with Gasteiger partial charge in [0, 0.05) is 0 Å². The maximum absolute atomic E-state index is 12.6. The lowest BCUT2D eigenvalue weighted by molar-refractivity contribution is -0.137. The van der Waals surface area contributed by atoms with E-state index in [-0.39, 0.29) is 0 Å². The van der Waals surface area contributed by atoms with Gasteiger partial charge in [0.25, 0.3) is 0 Å². The van der Waals surface area contributed by atoms with Gasteiger partial charge >= 0.3 is 23.9 Å². The fourth-order valence-corrected chi connectivity index (χ4v) is 5.23. The van der Waals surface area contributed by atoms with Crippen molar-refractivity contribution in [2.24, 2.45) is 5.92 Å². The molecule has 4 aromatic rings. The molecule has 0 fully saturated rings. The van der Waals surface area contributed by atoms with Crippen molar-refractivity contribution < 1.29 is 38.1 Å². The number of carbonyl (C=O) groups excluding carboxylic acids is 4. The predicted molar refractivity (Wildman–Crippen MR) is 198 cm³/mol. The third kappa shape index (κ3) is 12.2. The molecule has 0 saturated carbocycles. The summed E-state index contributed by atoms with van der Waals surface area (Å²) in [7, 11) is 0. The van der Waals surface area contributed by atoms with Crippen LogP contribution in [-0.2, 0) is 18.9 Å². The molecule has 0 spiro atoms. The molecule has 0 aliphatic carbocycles. The molecule has 0 aliphatic rings. The van der Waals surface area contributed by atoms with Gasteiger partial charge in [0.15, 0.2) is 0 Å². The molecule has 8 heteroatoms. The van der Waals surface area contributed by atoms with Crippen LogP contribution in [0.1, 0.15) is 109 Å². The van der Waals surface area contributed by atoms with E-state index in [2.05, 4.69) is 0 Å². The maximum Gasteiger partial charge on any atom is 0.338 e. The molecule has 270 valence electrons. The molecule has 51 heavy (non-hydrogen) atoms. The fourth-order valence-electron chi connectivity index (χ4n) is 5.23. The normalized spacial score (nSPS) is 13.3. The Bertz CT molecular complexity index is 1670. The zero-order valence-electron chi connectivity index (χ0n) is 30.7. The Morgan fingerprint density at radius 2 is 0.882 bits per heavy atom. The van der Waals surface area contributed by atoms with Crippen LogP contribution in [0, 0.1) is 5.92 Å². The number of benzene rings is 4. The van der Waals surface area contributed by atoms with Gasteiger partial charge in [-0.2, -0.15) is 0 Å². The fraction of sp³-hybridized carbons (Fsp3) is 0.349. The Hall–Kier alpha value is -5.24. The van der Waals surface area contributed by atoms with Gasteiger partial charge < -0.3 is 18.9 Å². The van der Waals surface area contributed by atoms with Crippen LogP contribution in [0.4, 0.5) is 0 Å². The highest BCUT2D eigenvalue weighted by molar-refractivity contribution is 5.91. The quantitative estimate of drug-likeness (QED) is 0.0950. The van der Waals surface area contributed by atoms with Gasteiger partial charge in [-0.1, -0.05) is 100.0 Å². The zero-order chi connectivity index (χ0) is 37.4. The molecule has 0 radical (unpaired) electrons. The summed E-state index contributed by atoms with van der Waals surface area (Å²) >= 11 is 0. The molecule has 3 atom stereocenters. The van der Waals surface area contributed by atoms with Crippen molar-refractivity contribution in [2.75, 3.05) is 0 Å². The van der Waals surface area contributed by atoms with Crippen LogP contribution < -0.4 is 0 Å². The smallest absolute Gasteiger partial charge is 0.338 e. The van der Waals surface area contributed by atoms with Crippen LogP contribution in [0.3, 0.4) is 0 Å². The molecule has 0 bridgehead atoms. The highest BCUT2D eigenvalue weighted by atomic mass is 16.6. The molecule has 4 aromatic carbocycles. The third-order valence-electron chi connectivity index (χ3n) is 8.48. The SMILES string of the molecule is CC(C)CC(OC(=O)c1ccccc1)C(C)OC(=O)c1ccccc1.CCCC(C)(OC(=O)c1ccccc1)C(C)(C)OC(=O)c1ccccc1. The molecule has 3 unspecified atom stereocenters. The van der Waals surface area contributed by atoms with E-state index in [4.69, 9.17) is 18.9 Å². The molecule has 8 nitrogen and oxygen atoms in total. The van der Waals surface area contributed by atoms with Crippen LogP contribution in [0.25, 0.3) is 0 Å². The van der Waals surface area contributed by atoms with E-state index in [0.29, 0.717) is 41.0 Å². The van der Waals surface area contributed by atoms with Gasteiger partial charge in [-0.15, -0.1) is 0 Å². The van der Waals surface area contributed by atoms with Gasteiger partial charge in [-0.25, -0.2) is 19.2 Å². The summed E-state index contributed by atoms with van der Waals surface area (Å²) < 4.78 is 22.8. The molecule has 0 heterocycles. The summed E-state index contributed by atoms with van der Waals surface area (Å²) in [6.45, 7) is 13.2. The van der Waals surface area contributed by atoms with Crippen LogP contribution in [0.15, 0.2) is 121 Å². The molecular formula is C43H50O8. The van der Waals surface area contributed by atoms with Gasteiger partial charge in [-0.05, 0) is 95.0 Å². The Morgan fingerprint density at radius 3 is 1.25 bits per heavy atom. The zero-order valence-corrected chi connectivity index (χ0v) is 30.7. The van der Waals surface area contributed by atoms with E-state index in [0.717, 1.165) is 6.42 Å². The lowest BCUT2D eigenvalue weighted by Crippen LogP contribution is -2.53. The number of esters is 4. The molecule has 0 N–H and O–H groups in total. The third-order valence-corrected chi connectivity index (χ3v) is 8.48. The van der Waals surface area contributed by atoms with Crippen LogP contribution in [-0.4, -0.2) is 47.3 Å². The highest BCUT2D eigenvalue weighted by Crippen LogP contribution is 2.35. The van der Waals surface area contributed by atoms with Crippen molar-refractivity contribution in [3.8, 4) is 0 Å².